The summed E-state index contributed by atoms with van der Waals surface area (Å²) in [6, 6.07) is 6.80. The number of alkyl halides is 9. The monoisotopic (exact) mass is 572 g/mol. The fourth-order valence-electron chi connectivity index (χ4n) is 3.90. The zero-order chi connectivity index (χ0) is 28.2. The third-order valence-corrected chi connectivity index (χ3v) is 10.5. The van der Waals surface area contributed by atoms with Crippen LogP contribution in [0.5, 0.6) is 0 Å². The summed E-state index contributed by atoms with van der Waals surface area (Å²) in [5.74, 6) is -29.9. The van der Waals surface area contributed by atoms with Gasteiger partial charge in [0.1, 0.15) is 0 Å². The van der Waals surface area contributed by atoms with E-state index in [2.05, 4.69) is 0 Å². The summed E-state index contributed by atoms with van der Waals surface area (Å²) in [7, 11) is -7.11. The first-order chi connectivity index (χ1) is 16.9. The second-order valence-electron chi connectivity index (χ2n) is 7.65. The van der Waals surface area contributed by atoms with Gasteiger partial charge in [-0.1, -0.05) is 0 Å². The number of hydrogen-bond donors (Lipinski definition) is 0. The van der Waals surface area contributed by atoms with Gasteiger partial charge in [-0.15, -0.1) is 0 Å². The molecule has 0 atom stereocenters. The maximum atomic E-state index is 16.0. The van der Waals surface area contributed by atoms with Crippen molar-refractivity contribution in [2.45, 2.75) is 23.7 Å². The second-order valence-corrected chi connectivity index (χ2v) is 11.4. The number of halogens is 14. The van der Waals surface area contributed by atoms with Crippen molar-refractivity contribution in [2.75, 3.05) is 0 Å². The molecule has 0 radical (unpaired) electrons. The summed E-state index contributed by atoms with van der Waals surface area (Å²) in [6.07, 6.45) is -7.32. The molecule has 202 valence electrons. The van der Waals surface area contributed by atoms with E-state index in [1.165, 1.54) is 0 Å². The minimum absolute atomic E-state index is 0.424. The molecule has 0 unspecified atom stereocenters. The van der Waals surface area contributed by atoms with Crippen LogP contribution in [0.15, 0.2) is 60.7 Å². The molecule has 0 aliphatic carbocycles. The van der Waals surface area contributed by atoms with Crippen molar-refractivity contribution in [2.24, 2.45) is 0 Å². The Bertz CT molecular complexity index is 1220. The molecule has 0 fully saturated rings. The summed E-state index contributed by atoms with van der Waals surface area (Å²) in [4.78, 5) is 0. The number of hydrogen-bond acceptors (Lipinski definition) is 0. The van der Waals surface area contributed by atoms with Gasteiger partial charge in [-0.2, -0.15) is 0 Å². The fraction of sp³-hybridized carbons (Fsp3) is 0.182. The van der Waals surface area contributed by atoms with Gasteiger partial charge in [0.05, 0.1) is 0 Å². The van der Waals surface area contributed by atoms with Crippen molar-refractivity contribution in [1.82, 2.24) is 0 Å². The van der Waals surface area contributed by atoms with E-state index < -0.39 is 75.9 Å². The number of benzene rings is 3. The average molecular weight is 572 g/mol. The summed E-state index contributed by atoms with van der Waals surface area (Å²) in [5.41, 5.74) is -6.78. The van der Waals surface area contributed by atoms with Crippen LogP contribution in [-0.4, -0.2) is 23.7 Å². The van der Waals surface area contributed by atoms with E-state index in [1.54, 1.807) is 0 Å². The predicted octanol–water partition coefficient (Wildman–Crippen LogP) is 6.83. The van der Waals surface area contributed by atoms with E-state index in [0.29, 0.717) is 24.3 Å². The van der Waals surface area contributed by atoms with Crippen LogP contribution < -0.4 is 15.9 Å². The van der Waals surface area contributed by atoms with E-state index in [1.807, 2.05) is 0 Å². The molecular formula is C22H11F14P. The van der Waals surface area contributed by atoms with Crippen LogP contribution in [0.4, 0.5) is 61.5 Å². The molecule has 0 nitrogen and oxygen atoms in total. The van der Waals surface area contributed by atoms with Crippen LogP contribution in [0.25, 0.3) is 0 Å². The molecule has 0 aliphatic rings. The van der Waals surface area contributed by atoms with Crippen LogP contribution >= 0.6 is 7.26 Å². The molecular weight excluding hydrogens is 561 g/mol. The first-order valence-electron chi connectivity index (χ1n) is 9.72. The van der Waals surface area contributed by atoms with E-state index in [4.69, 9.17) is 0 Å². The molecule has 0 amide bonds. The van der Waals surface area contributed by atoms with E-state index in [-0.39, 0.29) is 0 Å². The number of rotatable bonds is 6. The molecule has 37 heavy (non-hydrogen) atoms. The standard InChI is InChI=1S/C22H11F14P/c23-13-14(24)16(26)18(17(27)15(13)25)37(11-7-3-1-4-8-11,12-9-5-2-6-10-12)22(35,36)20(30,31)19(28,29)21(32,33)34/h1-10,37H. The second kappa shape index (κ2) is 9.14. The maximum absolute atomic E-state index is 16.0. The van der Waals surface area contributed by atoms with E-state index in [9.17, 15) is 43.9 Å². The van der Waals surface area contributed by atoms with E-state index >= 15 is 17.6 Å². The van der Waals surface area contributed by atoms with Crippen LogP contribution in [-0.2, 0) is 0 Å². The summed E-state index contributed by atoms with van der Waals surface area (Å²) >= 11 is 0. The van der Waals surface area contributed by atoms with Crippen molar-refractivity contribution in [3.8, 4) is 0 Å². The van der Waals surface area contributed by atoms with Crippen LogP contribution in [0.3, 0.4) is 0 Å². The molecule has 0 aliphatic heterocycles. The van der Waals surface area contributed by atoms with Crippen molar-refractivity contribution in [1.29, 1.82) is 0 Å². The van der Waals surface area contributed by atoms with Gasteiger partial charge in [-0.25, -0.2) is 0 Å². The molecule has 0 spiro atoms. The van der Waals surface area contributed by atoms with Crippen LogP contribution in [0.1, 0.15) is 0 Å². The Morgan fingerprint density at radius 2 is 0.757 bits per heavy atom. The topological polar surface area (TPSA) is 0 Å². The van der Waals surface area contributed by atoms with Crippen molar-refractivity contribution >= 4 is 23.2 Å². The van der Waals surface area contributed by atoms with Gasteiger partial charge in [0, 0.05) is 0 Å². The molecule has 0 saturated carbocycles. The first kappa shape index (κ1) is 28.7. The molecule has 3 aromatic carbocycles. The van der Waals surface area contributed by atoms with Crippen molar-refractivity contribution in [3.63, 3.8) is 0 Å². The van der Waals surface area contributed by atoms with E-state index in [0.717, 1.165) is 36.4 Å². The molecule has 0 N–H and O–H groups in total. The Morgan fingerprint density at radius 1 is 0.432 bits per heavy atom. The average Bonchev–Trinajstić information content (AvgIpc) is 2.84. The SMILES string of the molecule is Fc1c(F)c(F)c([PH](c2ccccc2)(c2ccccc2)C(F)(F)C(F)(F)C(F)(F)C(F)(F)F)c(F)c1F. The third kappa shape index (κ3) is 3.86. The molecule has 3 rings (SSSR count). The summed E-state index contributed by atoms with van der Waals surface area (Å²) in [6.45, 7) is 0. The predicted molar refractivity (Wildman–Crippen MR) is 107 cm³/mol. The zero-order valence-electron chi connectivity index (χ0n) is 17.6. The quantitative estimate of drug-likeness (QED) is 0.132. The zero-order valence-corrected chi connectivity index (χ0v) is 18.6. The van der Waals surface area contributed by atoms with Gasteiger partial charge < -0.3 is 0 Å². The Balaban J connectivity index is 2.71. The Labute approximate surface area is 198 Å². The van der Waals surface area contributed by atoms with Crippen molar-refractivity contribution in [3.05, 3.63) is 89.7 Å². The molecule has 0 bridgehead atoms. The molecule has 3 aromatic rings. The van der Waals surface area contributed by atoms with Gasteiger partial charge in [0.2, 0.25) is 0 Å². The Hall–Kier alpha value is -2.89. The van der Waals surface area contributed by atoms with Gasteiger partial charge in [-0.3, -0.25) is 0 Å². The molecule has 15 heteroatoms. The van der Waals surface area contributed by atoms with Gasteiger partial charge in [0.15, 0.2) is 0 Å². The summed E-state index contributed by atoms with van der Waals surface area (Å²) < 4.78 is 201. The first-order valence-corrected chi connectivity index (χ1v) is 11.7. The molecule has 0 heterocycles. The Morgan fingerprint density at radius 3 is 1.08 bits per heavy atom. The van der Waals surface area contributed by atoms with Crippen LogP contribution in [0, 0.1) is 29.1 Å². The minimum atomic E-state index is -7.52. The van der Waals surface area contributed by atoms with Crippen molar-refractivity contribution < 1.29 is 61.5 Å². The molecule has 0 saturated heterocycles. The van der Waals surface area contributed by atoms with Gasteiger partial charge >= 0.3 is 198 Å². The van der Waals surface area contributed by atoms with Crippen LogP contribution in [0.2, 0.25) is 0 Å². The van der Waals surface area contributed by atoms with Gasteiger partial charge in [-0.05, 0) is 0 Å². The Kier molecular flexibility index (Phi) is 7.09. The third-order valence-electron chi connectivity index (χ3n) is 5.61. The molecule has 0 aromatic heterocycles. The van der Waals surface area contributed by atoms with Gasteiger partial charge in [0.25, 0.3) is 0 Å². The normalized spacial score (nSPS) is 14.1. The summed E-state index contributed by atoms with van der Waals surface area (Å²) in [5, 5.41) is -5.34. The fourth-order valence-corrected chi connectivity index (χ4v) is 8.74.